The van der Waals surface area contributed by atoms with Crippen molar-refractivity contribution < 1.29 is 9.53 Å². The number of benzene rings is 2. The third-order valence-electron chi connectivity index (χ3n) is 3.73. The number of carbonyl (C=O) groups is 1. The van der Waals surface area contributed by atoms with Crippen LogP contribution in [0.25, 0.3) is 0 Å². The van der Waals surface area contributed by atoms with Gasteiger partial charge in [0.25, 0.3) is 5.91 Å². The second kappa shape index (κ2) is 7.28. The van der Waals surface area contributed by atoms with Gasteiger partial charge in [-0.15, -0.1) is 11.8 Å². The highest BCUT2D eigenvalue weighted by molar-refractivity contribution is 8.00. The molecule has 0 N–H and O–H groups in total. The summed E-state index contributed by atoms with van der Waals surface area (Å²) in [7, 11) is 0. The van der Waals surface area contributed by atoms with E-state index in [9.17, 15) is 4.79 Å². The average Bonchev–Trinajstić information content (AvgIpc) is 2.72. The molecule has 2 aromatic carbocycles. The van der Waals surface area contributed by atoms with Crippen LogP contribution in [0, 0.1) is 0 Å². The maximum atomic E-state index is 12.7. The van der Waals surface area contributed by atoms with Crippen molar-refractivity contribution in [3.05, 3.63) is 53.6 Å². The van der Waals surface area contributed by atoms with Crippen molar-refractivity contribution in [2.45, 2.75) is 23.5 Å². The molecule has 0 saturated carbocycles. The predicted octanol–water partition coefficient (Wildman–Crippen LogP) is 4.64. The quantitative estimate of drug-likeness (QED) is 0.810. The number of para-hydroxylation sites is 2. The summed E-state index contributed by atoms with van der Waals surface area (Å²) in [5.74, 6) is 0.487. The van der Waals surface area contributed by atoms with Crippen LogP contribution in [0.1, 0.15) is 13.3 Å². The van der Waals surface area contributed by atoms with Gasteiger partial charge in [0.1, 0.15) is 5.75 Å². The molecule has 0 bridgehead atoms. The Hall–Kier alpha value is -1.65. The maximum absolute atomic E-state index is 12.7. The number of ether oxygens (including phenoxy) is 1. The number of halogens is 1. The fourth-order valence-electron chi connectivity index (χ4n) is 2.53. The highest BCUT2D eigenvalue weighted by Crippen LogP contribution is 2.37. The minimum atomic E-state index is -0.0490. The van der Waals surface area contributed by atoms with Gasteiger partial charge >= 0.3 is 0 Å². The molecule has 3 rings (SSSR count). The van der Waals surface area contributed by atoms with Crippen molar-refractivity contribution in [2.75, 3.05) is 18.1 Å². The Labute approximate surface area is 145 Å². The summed E-state index contributed by atoms with van der Waals surface area (Å²) < 4.78 is 5.60. The molecule has 0 saturated heterocycles. The topological polar surface area (TPSA) is 29.5 Å². The number of nitrogens with zero attached hydrogens (tertiary/aromatic N) is 1. The zero-order valence-corrected chi connectivity index (χ0v) is 14.4. The van der Waals surface area contributed by atoms with Crippen LogP contribution in [0.15, 0.2) is 53.4 Å². The van der Waals surface area contributed by atoms with Crippen molar-refractivity contribution in [1.82, 2.24) is 0 Å². The summed E-state index contributed by atoms with van der Waals surface area (Å²) >= 11 is 7.88. The van der Waals surface area contributed by atoms with E-state index in [1.165, 1.54) is 0 Å². The summed E-state index contributed by atoms with van der Waals surface area (Å²) in [6.07, 6.45) is 0.956. The zero-order valence-electron chi connectivity index (χ0n) is 12.9. The molecule has 1 atom stereocenters. The third kappa shape index (κ3) is 3.82. The van der Waals surface area contributed by atoms with Gasteiger partial charge in [-0.25, -0.2) is 0 Å². The van der Waals surface area contributed by atoms with Crippen LogP contribution >= 0.6 is 23.4 Å². The van der Waals surface area contributed by atoms with Crippen molar-refractivity contribution in [1.29, 1.82) is 0 Å². The molecule has 5 heteroatoms. The molecule has 2 aromatic rings. The lowest BCUT2D eigenvalue weighted by Crippen LogP contribution is -2.36. The standard InChI is InChI=1S/C18H18ClNO2S/c1-13-10-11-20(15-7-3-5-9-17(15)23-13)18(21)12-22-16-8-4-2-6-14(16)19/h2-9,13H,10-12H2,1H3/t13-/m0/s1. The smallest absolute Gasteiger partial charge is 0.264 e. The van der Waals surface area contributed by atoms with Crippen molar-refractivity contribution in [3.8, 4) is 5.75 Å². The largest absolute Gasteiger partial charge is 0.482 e. The Morgan fingerprint density at radius 1 is 1.26 bits per heavy atom. The first kappa shape index (κ1) is 16.2. The molecule has 1 aliphatic heterocycles. The molecule has 0 aromatic heterocycles. The number of hydrogen-bond donors (Lipinski definition) is 0. The normalized spacial score (nSPS) is 17.3. The van der Waals surface area contributed by atoms with E-state index in [0.717, 1.165) is 17.0 Å². The fourth-order valence-corrected chi connectivity index (χ4v) is 3.83. The number of fused-ring (bicyclic) bond motifs is 1. The summed E-state index contributed by atoms with van der Waals surface area (Å²) in [5.41, 5.74) is 0.967. The van der Waals surface area contributed by atoms with Crippen molar-refractivity contribution >= 4 is 35.0 Å². The van der Waals surface area contributed by atoms with E-state index < -0.39 is 0 Å². The van der Waals surface area contributed by atoms with E-state index in [1.807, 2.05) is 47.0 Å². The lowest BCUT2D eigenvalue weighted by Gasteiger charge is -2.22. The third-order valence-corrected chi connectivity index (χ3v) is 5.28. The fraction of sp³-hybridized carbons (Fsp3) is 0.278. The highest BCUT2D eigenvalue weighted by atomic mass is 35.5. The summed E-state index contributed by atoms with van der Waals surface area (Å²) in [6, 6.07) is 15.2. The molecule has 23 heavy (non-hydrogen) atoms. The van der Waals surface area contributed by atoms with Crippen LogP contribution in [0.5, 0.6) is 5.75 Å². The number of carbonyl (C=O) groups excluding carboxylic acids is 1. The van der Waals surface area contributed by atoms with Gasteiger partial charge in [0.2, 0.25) is 0 Å². The van der Waals surface area contributed by atoms with Gasteiger partial charge in [0.15, 0.2) is 6.61 Å². The van der Waals surface area contributed by atoms with Crippen LogP contribution in [0.3, 0.4) is 0 Å². The van der Waals surface area contributed by atoms with Gasteiger partial charge in [-0.1, -0.05) is 42.8 Å². The number of amides is 1. The Balaban J connectivity index is 1.75. The van der Waals surface area contributed by atoms with E-state index in [4.69, 9.17) is 16.3 Å². The molecule has 1 amide bonds. The zero-order chi connectivity index (χ0) is 16.2. The average molecular weight is 348 g/mol. The van der Waals surface area contributed by atoms with E-state index >= 15 is 0 Å². The van der Waals surface area contributed by atoms with E-state index in [0.29, 0.717) is 22.6 Å². The predicted molar refractivity (Wildman–Crippen MR) is 95.7 cm³/mol. The summed E-state index contributed by atoms with van der Waals surface area (Å²) in [5, 5.41) is 0.999. The van der Waals surface area contributed by atoms with Gasteiger partial charge in [0.05, 0.1) is 10.7 Å². The van der Waals surface area contributed by atoms with E-state index in [-0.39, 0.29) is 12.5 Å². The second-order valence-electron chi connectivity index (χ2n) is 5.45. The lowest BCUT2D eigenvalue weighted by atomic mass is 10.2. The molecule has 1 aliphatic rings. The molecule has 0 radical (unpaired) electrons. The van der Waals surface area contributed by atoms with Crippen LogP contribution in [0.2, 0.25) is 5.02 Å². The Morgan fingerprint density at radius 2 is 2.00 bits per heavy atom. The Bertz CT molecular complexity index is 707. The van der Waals surface area contributed by atoms with E-state index in [1.54, 1.807) is 12.1 Å². The minimum Gasteiger partial charge on any atom is -0.482 e. The van der Waals surface area contributed by atoms with Gasteiger partial charge in [-0.2, -0.15) is 0 Å². The molecule has 0 fully saturated rings. The first-order valence-electron chi connectivity index (χ1n) is 7.58. The van der Waals surface area contributed by atoms with Crippen LogP contribution < -0.4 is 9.64 Å². The first-order chi connectivity index (χ1) is 11.1. The van der Waals surface area contributed by atoms with Gasteiger partial charge in [-0.3, -0.25) is 4.79 Å². The highest BCUT2D eigenvalue weighted by Gasteiger charge is 2.24. The number of rotatable bonds is 3. The molecule has 1 heterocycles. The summed E-state index contributed by atoms with van der Waals surface area (Å²) in [6.45, 7) is 2.88. The molecule has 3 nitrogen and oxygen atoms in total. The summed E-state index contributed by atoms with van der Waals surface area (Å²) in [4.78, 5) is 15.6. The SMILES string of the molecule is C[C@H]1CCN(C(=O)COc2ccccc2Cl)c2ccccc2S1. The molecule has 120 valence electrons. The molecule has 0 spiro atoms. The van der Waals surface area contributed by atoms with Crippen LogP contribution in [-0.4, -0.2) is 24.3 Å². The van der Waals surface area contributed by atoms with Gasteiger partial charge < -0.3 is 9.64 Å². The van der Waals surface area contributed by atoms with Gasteiger partial charge in [-0.05, 0) is 30.7 Å². The molecular formula is C18H18ClNO2S. The molecular weight excluding hydrogens is 330 g/mol. The first-order valence-corrected chi connectivity index (χ1v) is 8.84. The lowest BCUT2D eigenvalue weighted by molar-refractivity contribution is -0.120. The Morgan fingerprint density at radius 3 is 2.83 bits per heavy atom. The number of thioether (sulfide) groups is 1. The second-order valence-corrected chi connectivity index (χ2v) is 7.34. The number of anilines is 1. The van der Waals surface area contributed by atoms with Crippen molar-refractivity contribution in [2.24, 2.45) is 0 Å². The molecule has 0 unspecified atom stereocenters. The number of hydrogen-bond acceptors (Lipinski definition) is 3. The monoisotopic (exact) mass is 347 g/mol. The van der Waals surface area contributed by atoms with Crippen LogP contribution in [0.4, 0.5) is 5.69 Å². The van der Waals surface area contributed by atoms with Crippen molar-refractivity contribution in [3.63, 3.8) is 0 Å². The van der Waals surface area contributed by atoms with Crippen LogP contribution in [-0.2, 0) is 4.79 Å². The van der Waals surface area contributed by atoms with Gasteiger partial charge in [0, 0.05) is 16.7 Å². The Kier molecular flexibility index (Phi) is 5.13. The van der Waals surface area contributed by atoms with E-state index in [2.05, 4.69) is 13.0 Å². The maximum Gasteiger partial charge on any atom is 0.264 e. The minimum absolute atomic E-state index is 0.0168. The molecule has 0 aliphatic carbocycles.